The molecule has 0 aromatic heterocycles. The summed E-state index contributed by atoms with van der Waals surface area (Å²) in [4.78, 5) is 0. The minimum Gasteiger partial charge on any atom is -0.494 e. The van der Waals surface area contributed by atoms with Gasteiger partial charge in [-0.15, -0.1) is 0 Å². The van der Waals surface area contributed by atoms with Crippen LogP contribution in [-0.2, 0) is 0 Å². The largest absolute Gasteiger partial charge is 0.494 e. The van der Waals surface area contributed by atoms with E-state index in [2.05, 4.69) is 45.3 Å². The smallest absolute Gasteiger partial charge is 0.119 e. The van der Waals surface area contributed by atoms with Crippen molar-refractivity contribution in [3.8, 4) is 5.75 Å². The van der Waals surface area contributed by atoms with E-state index >= 15 is 0 Å². The van der Waals surface area contributed by atoms with Crippen LogP contribution < -0.4 is 16.0 Å². The highest BCUT2D eigenvalue weighted by atomic mass is 16.5. The molecule has 0 bridgehead atoms. The van der Waals surface area contributed by atoms with Gasteiger partial charge in [0.25, 0.3) is 0 Å². The molecular formula is C17H30N2O. The Morgan fingerprint density at radius 1 is 1.25 bits per heavy atom. The lowest BCUT2D eigenvalue weighted by Crippen LogP contribution is -2.36. The zero-order valence-electron chi connectivity index (χ0n) is 13.4. The third-order valence-electron chi connectivity index (χ3n) is 3.44. The molecule has 20 heavy (non-hydrogen) atoms. The van der Waals surface area contributed by atoms with Crippen molar-refractivity contribution < 1.29 is 4.74 Å². The summed E-state index contributed by atoms with van der Waals surface area (Å²) in [7, 11) is 0. The fourth-order valence-corrected chi connectivity index (χ4v) is 2.21. The summed E-state index contributed by atoms with van der Waals surface area (Å²) < 4.78 is 5.77. The molecule has 3 nitrogen and oxygen atoms in total. The first-order valence-electron chi connectivity index (χ1n) is 7.56. The average Bonchev–Trinajstić information content (AvgIpc) is 2.35. The molecule has 0 spiro atoms. The van der Waals surface area contributed by atoms with Crippen LogP contribution in [0.1, 0.15) is 52.0 Å². The highest BCUT2D eigenvalue weighted by Crippen LogP contribution is 2.22. The Hall–Kier alpha value is -1.06. The molecule has 114 valence electrons. The van der Waals surface area contributed by atoms with Crippen LogP contribution >= 0.6 is 0 Å². The fraction of sp³-hybridized carbons (Fsp3) is 0.647. The number of benzene rings is 1. The molecule has 1 aromatic rings. The topological polar surface area (TPSA) is 47.3 Å². The van der Waals surface area contributed by atoms with Crippen molar-refractivity contribution in [3.05, 3.63) is 29.8 Å². The van der Waals surface area contributed by atoms with Crippen molar-refractivity contribution >= 4 is 0 Å². The molecule has 3 N–H and O–H groups in total. The summed E-state index contributed by atoms with van der Waals surface area (Å²) in [5, 5.41) is 0. The van der Waals surface area contributed by atoms with Gasteiger partial charge in [-0.2, -0.15) is 0 Å². The highest BCUT2D eigenvalue weighted by molar-refractivity contribution is 5.27. The molecule has 0 heterocycles. The van der Waals surface area contributed by atoms with Gasteiger partial charge in [0.1, 0.15) is 5.75 Å². The van der Waals surface area contributed by atoms with Crippen LogP contribution in [-0.4, -0.2) is 12.6 Å². The van der Waals surface area contributed by atoms with Crippen molar-refractivity contribution in [1.29, 1.82) is 0 Å². The van der Waals surface area contributed by atoms with Gasteiger partial charge in [0.2, 0.25) is 0 Å². The van der Waals surface area contributed by atoms with Gasteiger partial charge in [0.05, 0.1) is 6.61 Å². The third kappa shape index (κ3) is 7.51. The van der Waals surface area contributed by atoms with Crippen LogP contribution in [0.5, 0.6) is 5.75 Å². The maximum atomic E-state index is 5.77. The standard InChI is InChI=1S/C17H30N2O/c1-14-7-5-9-16(13-14)20-12-10-15(19-18)8-6-11-17(2,3)4/h5,7,9,13,15,19H,6,8,10-12,18H2,1-4H3. The molecule has 0 aliphatic carbocycles. The fourth-order valence-electron chi connectivity index (χ4n) is 2.21. The van der Waals surface area contributed by atoms with Crippen LogP contribution in [0.2, 0.25) is 0 Å². The summed E-state index contributed by atoms with van der Waals surface area (Å²) in [5.74, 6) is 6.56. The van der Waals surface area contributed by atoms with E-state index in [4.69, 9.17) is 10.6 Å². The normalized spacial score (nSPS) is 13.2. The molecule has 1 unspecified atom stereocenters. The predicted octanol–water partition coefficient (Wildman–Crippen LogP) is 3.81. The summed E-state index contributed by atoms with van der Waals surface area (Å²) in [6.45, 7) is 9.60. The molecule has 1 rings (SSSR count). The van der Waals surface area contributed by atoms with Crippen molar-refractivity contribution in [2.75, 3.05) is 6.61 Å². The van der Waals surface area contributed by atoms with Crippen LogP contribution in [0, 0.1) is 12.3 Å². The lowest BCUT2D eigenvalue weighted by molar-refractivity contribution is 0.272. The van der Waals surface area contributed by atoms with Gasteiger partial charge >= 0.3 is 0 Å². The van der Waals surface area contributed by atoms with Crippen LogP contribution in [0.25, 0.3) is 0 Å². The van der Waals surface area contributed by atoms with Crippen molar-refractivity contribution in [3.63, 3.8) is 0 Å². The second kappa shape index (κ2) is 8.28. The van der Waals surface area contributed by atoms with Gasteiger partial charge in [-0.3, -0.25) is 11.3 Å². The van der Waals surface area contributed by atoms with E-state index in [1.54, 1.807) is 0 Å². The number of hydrogen-bond acceptors (Lipinski definition) is 3. The quantitative estimate of drug-likeness (QED) is 0.561. The second-order valence-corrected chi connectivity index (χ2v) is 6.77. The Bertz CT molecular complexity index is 385. The molecule has 0 saturated heterocycles. The number of hydrogen-bond donors (Lipinski definition) is 2. The average molecular weight is 278 g/mol. The minimum absolute atomic E-state index is 0.335. The molecule has 0 radical (unpaired) electrons. The number of ether oxygens (including phenoxy) is 1. The molecule has 0 aliphatic heterocycles. The molecule has 1 aromatic carbocycles. The van der Waals surface area contributed by atoms with Gasteiger partial charge in [-0.25, -0.2) is 0 Å². The first-order valence-corrected chi connectivity index (χ1v) is 7.56. The van der Waals surface area contributed by atoms with Gasteiger partial charge in [0, 0.05) is 6.04 Å². The third-order valence-corrected chi connectivity index (χ3v) is 3.44. The zero-order valence-corrected chi connectivity index (χ0v) is 13.4. The SMILES string of the molecule is Cc1cccc(OCCC(CCCC(C)(C)C)NN)c1. The Balaban J connectivity index is 2.24. The van der Waals surface area contributed by atoms with Crippen LogP contribution in [0.3, 0.4) is 0 Å². The first kappa shape index (κ1) is 17.0. The van der Waals surface area contributed by atoms with E-state index in [0.29, 0.717) is 18.1 Å². The molecular weight excluding hydrogens is 248 g/mol. The van der Waals surface area contributed by atoms with Crippen molar-refractivity contribution in [2.24, 2.45) is 11.3 Å². The molecule has 0 fully saturated rings. The number of aryl methyl sites for hydroxylation is 1. The van der Waals surface area contributed by atoms with Crippen LogP contribution in [0.15, 0.2) is 24.3 Å². The summed E-state index contributed by atoms with van der Waals surface area (Å²) in [6.07, 6.45) is 4.46. The Morgan fingerprint density at radius 2 is 2.00 bits per heavy atom. The van der Waals surface area contributed by atoms with E-state index in [0.717, 1.165) is 18.6 Å². The number of nitrogens with two attached hydrogens (primary N) is 1. The van der Waals surface area contributed by atoms with Crippen LogP contribution in [0.4, 0.5) is 0 Å². The van der Waals surface area contributed by atoms with E-state index in [9.17, 15) is 0 Å². The molecule has 1 atom stereocenters. The monoisotopic (exact) mass is 278 g/mol. The summed E-state index contributed by atoms with van der Waals surface area (Å²) >= 11 is 0. The molecule has 0 saturated carbocycles. The molecule has 0 aliphatic rings. The second-order valence-electron chi connectivity index (χ2n) is 6.77. The van der Waals surface area contributed by atoms with Crippen molar-refractivity contribution in [2.45, 2.75) is 59.4 Å². The van der Waals surface area contributed by atoms with Gasteiger partial charge in [-0.1, -0.05) is 39.3 Å². The van der Waals surface area contributed by atoms with Crippen molar-refractivity contribution in [1.82, 2.24) is 5.43 Å². The molecule has 0 amide bonds. The maximum Gasteiger partial charge on any atom is 0.119 e. The maximum absolute atomic E-state index is 5.77. The minimum atomic E-state index is 0.335. The zero-order chi connectivity index (χ0) is 15.0. The van der Waals surface area contributed by atoms with Gasteiger partial charge in [0.15, 0.2) is 0 Å². The Labute approximate surface area is 123 Å². The van der Waals surface area contributed by atoms with E-state index in [1.165, 1.54) is 18.4 Å². The molecule has 3 heteroatoms. The Morgan fingerprint density at radius 3 is 2.60 bits per heavy atom. The van der Waals surface area contributed by atoms with E-state index in [1.807, 2.05) is 12.1 Å². The predicted molar refractivity (Wildman–Crippen MR) is 85.7 cm³/mol. The van der Waals surface area contributed by atoms with Gasteiger partial charge in [-0.05, 0) is 49.3 Å². The first-order chi connectivity index (χ1) is 9.40. The Kier molecular flexibility index (Phi) is 7.03. The summed E-state index contributed by atoms with van der Waals surface area (Å²) in [6, 6.07) is 8.49. The number of rotatable bonds is 8. The highest BCUT2D eigenvalue weighted by Gasteiger charge is 2.12. The lowest BCUT2D eigenvalue weighted by Gasteiger charge is -2.21. The van der Waals surface area contributed by atoms with E-state index < -0.39 is 0 Å². The van der Waals surface area contributed by atoms with E-state index in [-0.39, 0.29) is 0 Å². The number of hydrazine groups is 1. The number of nitrogens with one attached hydrogen (secondary N) is 1. The lowest BCUT2D eigenvalue weighted by atomic mass is 9.89. The summed E-state index contributed by atoms with van der Waals surface area (Å²) in [5.41, 5.74) is 4.53. The van der Waals surface area contributed by atoms with Gasteiger partial charge < -0.3 is 4.74 Å².